The highest BCUT2D eigenvalue weighted by Crippen LogP contribution is 2.22. The molecule has 4 nitrogen and oxygen atoms in total. The molecule has 24 heavy (non-hydrogen) atoms. The molecule has 1 aromatic carbocycles. The Morgan fingerprint density at radius 2 is 1.83 bits per heavy atom. The maximum absolute atomic E-state index is 12.3. The minimum absolute atomic E-state index is 0.0413. The molecule has 1 rings (SSSR count). The largest absolute Gasteiger partial charge is 0.455 e. The lowest BCUT2D eigenvalue weighted by molar-refractivity contribution is 0.0232. The third-order valence-corrected chi connectivity index (χ3v) is 5.00. The summed E-state index contributed by atoms with van der Waals surface area (Å²) < 4.78 is 11.4. The van der Waals surface area contributed by atoms with Gasteiger partial charge in [-0.3, -0.25) is 0 Å². The quantitative estimate of drug-likeness (QED) is 0.402. The molecule has 132 valence electrons. The van der Waals surface area contributed by atoms with Gasteiger partial charge in [0.1, 0.15) is 11.5 Å². The van der Waals surface area contributed by atoms with Crippen molar-refractivity contribution in [3.8, 4) is 5.40 Å². The van der Waals surface area contributed by atoms with Crippen molar-refractivity contribution < 1.29 is 14.0 Å². The second kappa shape index (κ2) is 8.70. The van der Waals surface area contributed by atoms with Crippen LogP contribution in [0.15, 0.2) is 24.3 Å². The Labute approximate surface area is 150 Å². The van der Waals surface area contributed by atoms with Crippen LogP contribution in [0.4, 0.5) is 0 Å². The molecule has 0 bridgehead atoms. The first-order chi connectivity index (χ1) is 11.0. The van der Waals surface area contributed by atoms with Crippen molar-refractivity contribution in [1.29, 1.82) is 5.26 Å². The molecule has 0 radical (unpaired) electrons. The van der Waals surface area contributed by atoms with E-state index in [1.807, 2.05) is 17.5 Å². The number of carbonyl (C=O) groups excluding carboxylic acids is 1. The summed E-state index contributed by atoms with van der Waals surface area (Å²) in [6.45, 7) is 12.9. The Morgan fingerprint density at radius 3 is 2.29 bits per heavy atom. The maximum atomic E-state index is 12.3. The summed E-state index contributed by atoms with van der Waals surface area (Å²) in [5, 5.41) is 10.8. The molecule has 0 heterocycles. The van der Waals surface area contributed by atoms with E-state index in [0.717, 1.165) is 17.3 Å². The highest BCUT2D eigenvalue weighted by Gasteiger charge is 2.22. The Kier molecular flexibility index (Phi) is 7.52. The van der Waals surface area contributed by atoms with Crippen LogP contribution in [0, 0.1) is 10.7 Å². The van der Waals surface area contributed by atoms with E-state index < -0.39 is 14.4 Å². The third-order valence-electron chi connectivity index (χ3n) is 3.30. The fraction of sp³-hybridized carbons (Fsp3) is 0.556. The number of ether oxygens (including phenoxy) is 1. The van der Waals surface area contributed by atoms with Crippen LogP contribution in [0.3, 0.4) is 0 Å². The average molecular weight is 366 g/mol. The molecule has 0 amide bonds. The molecule has 0 saturated heterocycles. The molecular weight excluding hydrogens is 338 g/mol. The second-order valence-corrected chi connectivity index (χ2v) is 13.0. The molecule has 0 fully saturated rings. The van der Waals surface area contributed by atoms with Crippen molar-refractivity contribution >= 4 is 26.0 Å². The van der Waals surface area contributed by atoms with E-state index in [4.69, 9.17) is 14.4 Å². The number of carbonyl (C=O) groups is 1. The van der Waals surface area contributed by atoms with Gasteiger partial charge in [-0.25, -0.2) is 4.79 Å². The topological polar surface area (TPSA) is 59.3 Å². The SMILES string of the molecule is CC(C)(C)c1ccc(C(=O)OC(CO[Si](C)(C)C)CSC#N)cc1. The number of thioether (sulfide) groups is 1. The second-order valence-electron chi connectivity index (χ2n) is 7.68. The number of rotatable bonds is 7. The lowest BCUT2D eigenvalue weighted by atomic mass is 9.87. The van der Waals surface area contributed by atoms with E-state index in [1.165, 1.54) is 0 Å². The summed E-state index contributed by atoms with van der Waals surface area (Å²) in [6, 6.07) is 7.48. The number of nitrogens with zero attached hydrogens (tertiary/aromatic N) is 1. The first kappa shape index (κ1) is 20.8. The van der Waals surface area contributed by atoms with Crippen molar-refractivity contribution in [3.05, 3.63) is 35.4 Å². The number of thiocyanates is 1. The highest BCUT2D eigenvalue weighted by atomic mass is 32.2. The number of hydrogen-bond donors (Lipinski definition) is 0. The van der Waals surface area contributed by atoms with Crippen molar-refractivity contribution in [3.63, 3.8) is 0 Å². The van der Waals surface area contributed by atoms with Crippen molar-refractivity contribution in [2.45, 2.75) is 51.9 Å². The molecular formula is C18H27NO3SSi. The predicted molar refractivity (Wildman–Crippen MR) is 102 cm³/mol. The standard InChI is InChI=1S/C18H27NO3SSi/c1-18(2,3)15-9-7-14(8-10-15)17(20)22-16(12-23-13-19)11-21-24(4,5)6/h7-10,16H,11-12H2,1-6H3. The molecule has 0 spiro atoms. The van der Waals surface area contributed by atoms with E-state index in [-0.39, 0.29) is 11.4 Å². The van der Waals surface area contributed by atoms with E-state index in [9.17, 15) is 4.79 Å². The zero-order chi connectivity index (χ0) is 18.4. The third kappa shape index (κ3) is 7.52. The van der Waals surface area contributed by atoms with E-state index in [2.05, 4.69) is 40.4 Å². The Hall–Kier alpha value is -1.29. The van der Waals surface area contributed by atoms with Gasteiger partial charge >= 0.3 is 5.97 Å². The van der Waals surface area contributed by atoms with Crippen LogP contribution < -0.4 is 0 Å². The number of benzene rings is 1. The molecule has 0 aliphatic heterocycles. The summed E-state index contributed by atoms with van der Waals surface area (Å²) in [6.07, 6.45) is -0.420. The summed E-state index contributed by atoms with van der Waals surface area (Å²) >= 11 is 1.07. The van der Waals surface area contributed by atoms with Gasteiger partial charge in [-0.2, -0.15) is 5.26 Å². The Morgan fingerprint density at radius 1 is 1.25 bits per heavy atom. The van der Waals surface area contributed by atoms with E-state index >= 15 is 0 Å². The van der Waals surface area contributed by atoms with Gasteiger partial charge in [0, 0.05) is 5.75 Å². The van der Waals surface area contributed by atoms with Gasteiger partial charge in [-0.1, -0.05) is 32.9 Å². The summed E-state index contributed by atoms with van der Waals surface area (Å²) in [4.78, 5) is 12.3. The van der Waals surface area contributed by atoms with Gasteiger partial charge < -0.3 is 9.16 Å². The van der Waals surface area contributed by atoms with Crippen molar-refractivity contribution in [1.82, 2.24) is 0 Å². The average Bonchev–Trinajstić information content (AvgIpc) is 2.48. The molecule has 1 atom stereocenters. The number of nitriles is 1. The minimum atomic E-state index is -1.70. The smallest absolute Gasteiger partial charge is 0.338 e. The normalized spacial score (nSPS) is 13.2. The first-order valence-corrected chi connectivity index (χ1v) is 12.4. The van der Waals surface area contributed by atoms with E-state index in [1.54, 1.807) is 12.1 Å². The zero-order valence-electron chi connectivity index (χ0n) is 15.4. The number of esters is 1. The monoisotopic (exact) mass is 365 g/mol. The van der Waals surface area contributed by atoms with Gasteiger partial charge in [0.25, 0.3) is 0 Å². The molecule has 1 unspecified atom stereocenters. The molecule has 0 N–H and O–H groups in total. The van der Waals surface area contributed by atoms with Crippen LogP contribution in [-0.2, 0) is 14.6 Å². The van der Waals surface area contributed by atoms with Gasteiger partial charge in [-0.05, 0) is 54.5 Å². The molecule has 6 heteroatoms. The lowest BCUT2D eigenvalue weighted by Crippen LogP contribution is -2.34. The Bertz CT molecular complexity index is 582. The van der Waals surface area contributed by atoms with Crippen LogP contribution in [0.1, 0.15) is 36.7 Å². The first-order valence-electron chi connectivity index (χ1n) is 7.99. The van der Waals surface area contributed by atoms with Crippen molar-refractivity contribution in [2.75, 3.05) is 12.4 Å². The molecule has 0 aliphatic carbocycles. The lowest BCUT2D eigenvalue weighted by Gasteiger charge is -2.23. The summed E-state index contributed by atoms with van der Waals surface area (Å²) in [5.41, 5.74) is 1.72. The van der Waals surface area contributed by atoms with Crippen LogP contribution in [0.5, 0.6) is 0 Å². The van der Waals surface area contributed by atoms with Crippen molar-refractivity contribution in [2.24, 2.45) is 0 Å². The molecule has 0 aliphatic rings. The van der Waals surface area contributed by atoms with Crippen LogP contribution in [0.25, 0.3) is 0 Å². The minimum Gasteiger partial charge on any atom is -0.455 e. The Balaban J connectivity index is 2.74. The van der Waals surface area contributed by atoms with Gasteiger partial charge in [0.15, 0.2) is 8.32 Å². The predicted octanol–water partition coefficient (Wildman–Crippen LogP) is 4.58. The van der Waals surface area contributed by atoms with E-state index in [0.29, 0.717) is 17.9 Å². The summed E-state index contributed by atoms with van der Waals surface area (Å²) in [5.74, 6) is 0.0328. The fourth-order valence-electron chi connectivity index (χ4n) is 1.92. The maximum Gasteiger partial charge on any atom is 0.338 e. The zero-order valence-corrected chi connectivity index (χ0v) is 17.2. The van der Waals surface area contributed by atoms with Gasteiger partial charge in [-0.15, -0.1) is 0 Å². The van der Waals surface area contributed by atoms with Crippen LogP contribution >= 0.6 is 11.8 Å². The fourth-order valence-corrected chi connectivity index (χ4v) is 3.03. The van der Waals surface area contributed by atoms with Gasteiger partial charge in [0.2, 0.25) is 0 Å². The highest BCUT2D eigenvalue weighted by molar-refractivity contribution is 8.03. The van der Waals surface area contributed by atoms with Gasteiger partial charge in [0.05, 0.1) is 12.2 Å². The summed E-state index contributed by atoms with van der Waals surface area (Å²) in [7, 11) is -1.70. The molecule has 0 saturated carbocycles. The molecule has 1 aromatic rings. The molecule has 0 aromatic heterocycles. The van der Waals surface area contributed by atoms with Crippen LogP contribution in [-0.4, -0.2) is 32.8 Å². The number of hydrogen-bond acceptors (Lipinski definition) is 5. The van der Waals surface area contributed by atoms with Crippen LogP contribution in [0.2, 0.25) is 19.6 Å².